The van der Waals surface area contributed by atoms with Crippen LogP contribution in [0.5, 0.6) is 0 Å². The van der Waals surface area contributed by atoms with E-state index in [0.29, 0.717) is 11.3 Å². The number of aromatic nitrogens is 1. The van der Waals surface area contributed by atoms with E-state index in [-0.39, 0.29) is 40.1 Å². The molecule has 6 rings (SSSR count). The molecule has 51 heavy (non-hydrogen) atoms. The fourth-order valence-electron chi connectivity index (χ4n) is 6.09. The summed E-state index contributed by atoms with van der Waals surface area (Å²) in [5, 5.41) is 15.0. The van der Waals surface area contributed by atoms with Crippen molar-refractivity contribution in [2.45, 2.75) is 31.9 Å². The van der Waals surface area contributed by atoms with Gasteiger partial charge in [0.25, 0.3) is 5.69 Å². The summed E-state index contributed by atoms with van der Waals surface area (Å²) in [6.07, 6.45) is -1.06. The standard InChI is InChI=1S/C37H32N3O7PS2.Ag/c1-24-38-31(23-50-24)33(47-25(2)41)32-34(42)39(36(32)49)35(37(43)46-22-26-18-20-27(21-19-26)40(44)45)48(28-12-6-3-7-13-28,29-14-8-4-9-15-29)30-16-10-5-11-17-30;/h3-21,23,32-33,36,49H,22H2,1-2H3;/q;+1/p-1. The monoisotopic (exact) mass is 831 g/mol. The number of aryl methyl sites for hydroxylation is 1. The van der Waals surface area contributed by atoms with Gasteiger partial charge in [-0.3, -0.25) is 19.7 Å². The zero-order valence-electron chi connectivity index (χ0n) is 27.3. The number of likely N-dealkylation sites (tertiary alicyclic amines) is 1. The van der Waals surface area contributed by atoms with Crippen LogP contribution in [0.4, 0.5) is 5.69 Å². The number of non-ortho nitro benzene ring substituents is 1. The summed E-state index contributed by atoms with van der Waals surface area (Å²) >= 11 is 7.42. The zero-order chi connectivity index (χ0) is 35.4. The predicted octanol–water partition coefficient (Wildman–Crippen LogP) is 5.16. The molecule has 10 nitrogen and oxygen atoms in total. The van der Waals surface area contributed by atoms with Gasteiger partial charge in [0.05, 0.1) is 21.5 Å². The van der Waals surface area contributed by atoms with Crippen molar-refractivity contribution < 1.29 is 51.2 Å². The number of carbonyl (C=O) groups is 3. The third-order valence-electron chi connectivity index (χ3n) is 8.31. The smallest absolute Gasteiger partial charge is 0.767 e. The summed E-state index contributed by atoms with van der Waals surface area (Å²) in [4.78, 5) is 58.3. The van der Waals surface area contributed by atoms with Gasteiger partial charge in [0.15, 0.2) is 6.10 Å². The Morgan fingerprint density at radius 3 is 1.84 bits per heavy atom. The molecule has 4 aromatic carbocycles. The Morgan fingerprint density at radius 2 is 1.43 bits per heavy atom. The number of esters is 2. The van der Waals surface area contributed by atoms with Gasteiger partial charge in [0.1, 0.15) is 12.0 Å². The average molecular weight is 833 g/mol. The van der Waals surface area contributed by atoms with Crippen molar-refractivity contribution in [2.24, 2.45) is 5.92 Å². The van der Waals surface area contributed by atoms with E-state index in [0.717, 1.165) is 20.9 Å². The van der Waals surface area contributed by atoms with E-state index in [1.54, 1.807) is 5.38 Å². The minimum Gasteiger partial charge on any atom is -0.767 e. The number of amides is 1. The molecule has 3 atom stereocenters. The molecule has 1 aliphatic rings. The minimum absolute atomic E-state index is 0. The molecule has 1 aromatic heterocycles. The number of thiazole rings is 1. The Kier molecular flexibility index (Phi) is 12.2. The Morgan fingerprint density at radius 1 is 0.922 bits per heavy atom. The van der Waals surface area contributed by atoms with Crippen LogP contribution in [0.25, 0.3) is 0 Å². The molecule has 5 aromatic rings. The van der Waals surface area contributed by atoms with Crippen LogP contribution in [0.3, 0.4) is 0 Å². The van der Waals surface area contributed by atoms with Gasteiger partial charge >= 0.3 is 34.3 Å². The van der Waals surface area contributed by atoms with Crippen LogP contribution in [0.15, 0.2) is 121 Å². The Bertz CT molecular complexity index is 2000. The summed E-state index contributed by atoms with van der Waals surface area (Å²) in [6.45, 7) is -0.393. The van der Waals surface area contributed by atoms with Gasteiger partial charge in [-0.1, -0.05) is 96.4 Å². The molecule has 0 spiro atoms. The number of ether oxygens (including phenoxy) is 2. The SMILES string of the molecule is CC(=O)OC(c1csc(C)n1)C1C(=O)N(C(C(=O)OCc2ccc([N+](=O)[O-])cc2)=P(c2ccccc2)(c2ccccc2)c2ccccc2)C1[S-].[Ag+]. The third-order valence-corrected chi connectivity index (χ3v) is 13.9. The second-order valence-electron chi connectivity index (χ2n) is 11.4. The maximum absolute atomic E-state index is 14.8. The Labute approximate surface area is 319 Å². The first-order valence-electron chi connectivity index (χ1n) is 15.5. The van der Waals surface area contributed by atoms with Gasteiger partial charge in [0, 0.05) is 31.3 Å². The van der Waals surface area contributed by atoms with Crippen molar-refractivity contribution in [1.29, 1.82) is 0 Å². The minimum atomic E-state index is -3.24. The molecule has 0 aliphatic carbocycles. The van der Waals surface area contributed by atoms with E-state index < -0.39 is 47.1 Å². The molecular formula is C37H31AgN3O7PS2. The predicted molar refractivity (Wildman–Crippen MR) is 196 cm³/mol. The second kappa shape index (κ2) is 16.4. The molecule has 3 unspecified atom stereocenters. The summed E-state index contributed by atoms with van der Waals surface area (Å²) in [7, 11) is 0. The van der Waals surface area contributed by atoms with E-state index in [4.69, 9.17) is 22.1 Å². The maximum Gasteiger partial charge on any atom is 1.00 e. The number of nitro groups is 1. The molecule has 1 amide bonds. The van der Waals surface area contributed by atoms with Gasteiger partial charge in [0.2, 0.25) is 5.91 Å². The Balaban J connectivity index is 0.00000504. The fraction of sp³-hybridized carbons (Fsp3) is 0.162. The van der Waals surface area contributed by atoms with Crippen LogP contribution < -0.4 is 15.9 Å². The van der Waals surface area contributed by atoms with Gasteiger partial charge in [-0.15, -0.1) is 11.3 Å². The first-order valence-corrected chi connectivity index (χ1v) is 18.7. The van der Waals surface area contributed by atoms with Crippen LogP contribution in [-0.4, -0.2) is 43.4 Å². The number of carbonyl (C=O) groups excluding carboxylic acids is 3. The molecule has 14 heteroatoms. The van der Waals surface area contributed by atoms with Gasteiger partial charge in [-0.25, -0.2) is 9.78 Å². The molecule has 264 valence electrons. The van der Waals surface area contributed by atoms with Crippen LogP contribution in [-0.2, 0) is 65.5 Å². The normalized spacial score (nSPS) is 15.9. The van der Waals surface area contributed by atoms with Gasteiger partial charge < -0.3 is 27.0 Å². The summed E-state index contributed by atoms with van der Waals surface area (Å²) < 4.78 is 11.7. The molecule has 2 heterocycles. The average Bonchev–Trinajstić information content (AvgIpc) is 3.57. The van der Waals surface area contributed by atoms with Crippen LogP contribution in [0, 0.1) is 23.0 Å². The van der Waals surface area contributed by atoms with E-state index >= 15 is 0 Å². The quantitative estimate of drug-likeness (QED) is 0.0338. The fourth-order valence-corrected chi connectivity index (χ4v) is 11.6. The van der Waals surface area contributed by atoms with Crippen molar-refractivity contribution in [1.82, 2.24) is 9.88 Å². The summed E-state index contributed by atoms with van der Waals surface area (Å²) in [6, 6.07) is 34.2. The number of hydrogen-bond donors (Lipinski definition) is 0. The first-order chi connectivity index (χ1) is 24.1. The molecule has 1 fully saturated rings. The topological polar surface area (TPSA) is 129 Å². The molecule has 0 bridgehead atoms. The van der Waals surface area contributed by atoms with Crippen LogP contribution in [0.2, 0.25) is 0 Å². The number of nitrogens with zero attached hydrogens (tertiary/aromatic N) is 3. The van der Waals surface area contributed by atoms with Crippen LogP contribution >= 0.6 is 18.2 Å². The summed E-state index contributed by atoms with van der Waals surface area (Å²) in [5.41, 5.74) is 0.898. The van der Waals surface area contributed by atoms with Crippen molar-refractivity contribution in [3.63, 3.8) is 0 Å². The zero-order valence-corrected chi connectivity index (χ0v) is 31.3. The molecule has 1 saturated heterocycles. The van der Waals surface area contributed by atoms with E-state index in [9.17, 15) is 24.5 Å². The molecule has 1 aliphatic heterocycles. The van der Waals surface area contributed by atoms with Crippen molar-refractivity contribution in [3.8, 4) is 0 Å². The largest absolute Gasteiger partial charge is 1.00 e. The van der Waals surface area contributed by atoms with E-state index in [1.807, 2.05) is 97.9 Å². The molecule has 0 saturated carbocycles. The summed E-state index contributed by atoms with van der Waals surface area (Å²) in [5.74, 6) is -2.88. The number of hydrogen-bond acceptors (Lipinski definition) is 10. The second-order valence-corrected chi connectivity index (χ2v) is 16.3. The number of benzene rings is 4. The van der Waals surface area contributed by atoms with E-state index in [2.05, 4.69) is 4.98 Å². The molecular weight excluding hydrogens is 801 g/mol. The third kappa shape index (κ3) is 7.53. The van der Waals surface area contributed by atoms with Crippen molar-refractivity contribution in [2.75, 3.05) is 0 Å². The molecule has 0 N–H and O–H groups in total. The molecule has 0 radical (unpaired) electrons. The van der Waals surface area contributed by atoms with Gasteiger partial charge in [-0.2, -0.15) is 0 Å². The number of β-lactam (4-membered cyclic amide) rings is 1. The Hall–Kier alpha value is -4.29. The van der Waals surface area contributed by atoms with Crippen LogP contribution in [0.1, 0.15) is 29.3 Å². The number of rotatable bonds is 11. The van der Waals surface area contributed by atoms with Gasteiger partial charge in [-0.05, 0) is 40.5 Å². The van der Waals surface area contributed by atoms with E-state index in [1.165, 1.54) is 47.4 Å². The van der Waals surface area contributed by atoms with Crippen molar-refractivity contribution in [3.05, 3.63) is 147 Å². The van der Waals surface area contributed by atoms with Crippen molar-refractivity contribution >= 4 is 75.7 Å². The first kappa shape index (κ1) is 38.0. The maximum atomic E-state index is 14.8. The number of nitro benzene ring substituents is 1.